The van der Waals surface area contributed by atoms with Gasteiger partial charge in [-0.25, -0.2) is 9.67 Å². The number of rotatable bonds is 4. The molecule has 0 spiro atoms. The monoisotopic (exact) mass is 391 g/mol. The average Bonchev–Trinajstić information content (AvgIpc) is 3.41. The molecule has 0 saturated carbocycles. The lowest BCUT2D eigenvalue weighted by Crippen LogP contribution is -2.37. The maximum absolute atomic E-state index is 9.48. The van der Waals surface area contributed by atoms with E-state index in [2.05, 4.69) is 44.0 Å². The molecule has 29 heavy (non-hydrogen) atoms. The van der Waals surface area contributed by atoms with Crippen molar-refractivity contribution in [2.75, 3.05) is 31.2 Å². The molecule has 148 valence electrons. The van der Waals surface area contributed by atoms with E-state index < -0.39 is 0 Å². The third-order valence-corrected chi connectivity index (χ3v) is 4.93. The molecule has 0 radical (unpaired) electrons. The Kier molecular flexibility index (Phi) is 4.45. The van der Waals surface area contributed by atoms with Gasteiger partial charge >= 0.3 is 0 Å². The molecule has 9 heteroatoms. The molecule has 3 aromatic heterocycles. The minimum Gasteiger partial charge on any atom is -0.388 e. The molecule has 0 unspecified atom stereocenters. The van der Waals surface area contributed by atoms with Crippen LogP contribution in [0.1, 0.15) is 11.4 Å². The van der Waals surface area contributed by atoms with E-state index in [1.807, 2.05) is 24.4 Å². The highest BCUT2D eigenvalue weighted by Gasteiger charge is 2.21. The number of anilines is 1. The summed E-state index contributed by atoms with van der Waals surface area (Å²) < 4.78 is 7.13. The number of aliphatic hydroxyl groups is 1. The van der Waals surface area contributed by atoms with Gasteiger partial charge in [-0.15, -0.1) is 0 Å². The van der Waals surface area contributed by atoms with Gasteiger partial charge in [-0.1, -0.05) is 23.8 Å². The zero-order valence-corrected chi connectivity index (χ0v) is 16.0. The number of aromatic amines is 1. The molecule has 1 aromatic carbocycles. The third kappa shape index (κ3) is 3.34. The summed E-state index contributed by atoms with van der Waals surface area (Å²) in [4.78, 5) is 19.0. The fraction of sp³-hybridized carbons (Fsp3) is 0.300. The highest BCUT2D eigenvalue weighted by Crippen LogP contribution is 2.25. The highest BCUT2D eigenvalue weighted by atomic mass is 16.5. The Morgan fingerprint density at radius 3 is 2.79 bits per heavy atom. The van der Waals surface area contributed by atoms with Crippen molar-refractivity contribution in [3.8, 4) is 17.2 Å². The second kappa shape index (κ2) is 7.26. The summed E-state index contributed by atoms with van der Waals surface area (Å²) >= 11 is 0. The SMILES string of the molecule is Cc1cccc(-c2ccn(-c3nc(N4CCOCC4)c4nc(CO)[nH]c4n3)n2)c1. The van der Waals surface area contributed by atoms with Gasteiger partial charge in [0.1, 0.15) is 12.4 Å². The predicted molar refractivity (Wildman–Crippen MR) is 108 cm³/mol. The molecule has 5 rings (SSSR count). The molecule has 0 aliphatic carbocycles. The van der Waals surface area contributed by atoms with Crippen LogP contribution < -0.4 is 4.90 Å². The molecular weight excluding hydrogens is 370 g/mol. The van der Waals surface area contributed by atoms with Crippen LogP contribution in [0.5, 0.6) is 0 Å². The van der Waals surface area contributed by atoms with Gasteiger partial charge in [0.05, 0.1) is 18.9 Å². The zero-order chi connectivity index (χ0) is 19.8. The number of nitrogens with zero attached hydrogens (tertiary/aromatic N) is 6. The van der Waals surface area contributed by atoms with Crippen LogP contribution in [0.3, 0.4) is 0 Å². The first-order valence-electron chi connectivity index (χ1n) is 9.54. The summed E-state index contributed by atoms with van der Waals surface area (Å²) in [6.45, 7) is 4.59. The molecule has 1 saturated heterocycles. The first kappa shape index (κ1) is 17.8. The van der Waals surface area contributed by atoms with E-state index >= 15 is 0 Å². The number of benzene rings is 1. The normalized spacial score (nSPS) is 14.6. The Labute approximate surface area is 167 Å². The number of hydrogen-bond acceptors (Lipinski definition) is 7. The van der Waals surface area contributed by atoms with E-state index in [-0.39, 0.29) is 6.61 Å². The van der Waals surface area contributed by atoms with Crippen molar-refractivity contribution in [2.45, 2.75) is 13.5 Å². The van der Waals surface area contributed by atoms with Crippen LogP contribution in [0.2, 0.25) is 0 Å². The number of fused-ring (bicyclic) bond motifs is 1. The number of morpholine rings is 1. The van der Waals surface area contributed by atoms with Crippen molar-refractivity contribution in [3.05, 3.63) is 47.9 Å². The molecule has 1 aliphatic heterocycles. The minimum absolute atomic E-state index is 0.187. The van der Waals surface area contributed by atoms with Crippen LogP contribution in [0.15, 0.2) is 36.5 Å². The van der Waals surface area contributed by atoms with E-state index in [0.717, 1.165) is 30.2 Å². The average molecular weight is 391 g/mol. The smallest absolute Gasteiger partial charge is 0.254 e. The Morgan fingerprint density at radius 1 is 1.14 bits per heavy atom. The van der Waals surface area contributed by atoms with Gasteiger partial charge in [-0.3, -0.25) is 0 Å². The second-order valence-corrected chi connectivity index (χ2v) is 7.00. The molecule has 9 nitrogen and oxygen atoms in total. The number of nitrogens with one attached hydrogen (secondary N) is 1. The van der Waals surface area contributed by atoms with Crippen LogP contribution in [-0.4, -0.2) is 61.1 Å². The van der Waals surface area contributed by atoms with Crippen molar-refractivity contribution in [1.82, 2.24) is 29.7 Å². The first-order valence-corrected chi connectivity index (χ1v) is 9.54. The molecule has 0 bridgehead atoms. The van der Waals surface area contributed by atoms with Crippen LogP contribution in [0, 0.1) is 6.92 Å². The van der Waals surface area contributed by atoms with Crippen molar-refractivity contribution < 1.29 is 9.84 Å². The van der Waals surface area contributed by atoms with E-state index in [1.54, 1.807) is 4.68 Å². The number of hydrogen-bond donors (Lipinski definition) is 2. The Balaban J connectivity index is 1.60. The van der Waals surface area contributed by atoms with Gasteiger partial charge < -0.3 is 19.7 Å². The third-order valence-electron chi connectivity index (χ3n) is 4.93. The number of ether oxygens (including phenoxy) is 1. The molecule has 1 fully saturated rings. The van der Waals surface area contributed by atoms with Gasteiger partial charge in [0.15, 0.2) is 17.0 Å². The Bertz CT molecular complexity index is 1160. The largest absolute Gasteiger partial charge is 0.388 e. The maximum Gasteiger partial charge on any atom is 0.254 e. The van der Waals surface area contributed by atoms with Crippen molar-refractivity contribution >= 4 is 17.0 Å². The summed E-state index contributed by atoms with van der Waals surface area (Å²) in [7, 11) is 0. The fourth-order valence-electron chi connectivity index (χ4n) is 3.49. The van der Waals surface area contributed by atoms with Gasteiger partial charge in [0.25, 0.3) is 5.95 Å². The topological polar surface area (TPSA) is 105 Å². The van der Waals surface area contributed by atoms with E-state index in [1.165, 1.54) is 5.56 Å². The molecule has 4 aromatic rings. The summed E-state index contributed by atoms with van der Waals surface area (Å²) in [5.74, 6) is 1.63. The summed E-state index contributed by atoms with van der Waals surface area (Å²) in [5, 5.41) is 14.2. The van der Waals surface area contributed by atoms with Crippen LogP contribution in [0.25, 0.3) is 28.4 Å². The summed E-state index contributed by atoms with van der Waals surface area (Å²) in [6.07, 6.45) is 1.85. The fourth-order valence-corrected chi connectivity index (χ4v) is 3.49. The molecule has 1 aliphatic rings. The quantitative estimate of drug-likeness (QED) is 0.547. The van der Waals surface area contributed by atoms with Crippen molar-refractivity contribution in [1.29, 1.82) is 0 Å². The maximum atomic E-state index is 9.48. The number of imidazole rings is 1. The lowest BCUT2D eigenvalue weighted by molar-refractivity contribution is 0.122. The van der Waals surface area contributed by atoms with Gasteiger partial charge in [-0.05, 0) is 19.1 Å². The van der Waals surface area contributed by atoms with Crippen LogP contribution in [0.4, 0.5) is 5.82 Å². The van der Waals surface area contributed by atoms with Crippen molar-refractivity contribution in [3.63, 3.8) is 0 Å². The van der Waals surface area contributed by atoms with Crippen LogP contribution in [-0.2, 0) is 11.3 Å². The summed E-state index contributed by atoms with van der Waals surface area (Å²) in [5.41, 5.74) is 4.30. The lowest BCUT2D eigenvalue weighted by Gasteiger charge is -2.27. The van der Waals surface area contributed by atoms with E-state index in [9.17, 15) is 5.11 Å². The summed E-state index contributed by atoms with van der Waals surface area (Å²) in [6, 6.07) is 10.2. The van der Waals surface area contributed by atoms with Crippen molar-refractivity contribution in [2.24, 2.45) is 0 Å². The second-order valence-electron chi connectivity index (χ2n) is 7.00. The highest BCUT2D eigenvalue weighted by molar-refractivity contribution is 5.84. The minimum atomic E-state index is -0.187. The standard InChI is InChI=1S/C20H21N7O2/c1-13-3-2-4-14(11-13)15-5-6-27(25-15)20-23-18-17(21-16(12-28)22-18)19(24-20)26-7-9-29-10-8-26/h2-6,11,28H,7-10,12H2,1H3,(H,21,22,23,24). The van der Waals surface area contributed by atoms with E-state index in [0.29, 0.717) is 36.2 Å². The van der Waals surface area contributed by atoms with Gasteiger partial charge in [0.2, 0.25) is 0 Å². The lowest BCUT2D eigenvalue weighted by atomic mass is 10.1. The predicted octanol–water partition coefficient (Wildman–Crippen LogP) is 1.84. The molecule has 2 N–H and O–H groups in total. The number of aryl methyl sites for hydroxylation is 1. The Hall–Kier alpha value is -3.30. The Morgan fingerprint density at radius 2 is 2.00 bits per heavy atom. The number of aromatic nitrogens is 6. The molecular formula is C20H21N7O2. The molecule has 4 heterocycles. The van der Waals surface area contributed by atoms with Gasteiger partial charge in [-0.2, -0.15) is 15.1 Å². The number of H-pyrrole nitrogens is 1. The molecule has 0 atom stereocenters. The van der Waals surface area contributed by atoms with E-state index in [4.69, 9.17) is 9.72 Å². The number of aliphatic hydroxyl groups excluding tert-OH is 1. The van der Waals surface area contributed by atoms with Crippen LogP contribution >= 0.6 is 0 Å². The van der Waals surface area contributed by atoms with Gasteiger partial charge in [0, 0.05) is 24.8 Å². The first-order chi connectivity index (χ1) is 14.2. The molecule has 0 amide bonds. The zero-order valence-electron chi connectivity index (χ0n) is 16.0.